The second-order valence-corrected chi connectivity index (χ2v) is 7.04. The van der Waals surface area contributed by atoms with Crippen LogP contribution < -0.4 is 10.9 Å². The summed E-state index contributed by atoms with van der Waals surface area (Å²) in [6.45, 7) is 4.82. The van der Waals surface area contributed by atoms with E-state index in [0.717, 1.165) is 32.0 Å². The van der Waals surface area contributed by atoms with Gasteiger partial charge in [0.1, 0.15) is 0 Å². The highest BCUT2D eigenvalue weighted by Gasteiger charge is 2.27. The highest BCUT2D eigenvalue weighted by molar-refractivity contribution is 5.94. The fourth-order valence-electron chi connectivity index (χ4n) is 3.94. The number of piperidine rings is 1. The van der Waals surface area contributed by atoms with E-state index in [4.69, 9.17) is 0 Å². The Morgan fingerprint density at radius 1 is 1.22 bits per heavy atom. The van der Waals surface area contributed by atoms with Crippen LogP contribution in [-0.2, 0) is 0 Å². The first-order valence-electron chi connectivity index (χ1n) is 8.85. The summed E-state index contributed by atoms with van der Waals surface area (Å²) < 4.78 is 0. The van der Waals surface area contributed by atoms with Crippen molar-refractivity contribution in [3.8, 4) is 0 Å². The summed E-state index contributed by atoms with van der Waals surface area (Å²) in [7, 11) is 0. The van der Waals surface area contributed by atoms with E-state index >= 15 is 0 Å². The molecule has 1 aromatic heterocycles. The van der Waals surface area contributed by atoms with Gasteiger partial charge in [-0.15, -0.1) is 0 Å². The number of aryl methyl sites for hydroxylation is 1. The molecule has 1 aliphatic heterocycles. The van der Waals surface area contributed by atoms with Crippen LogP contribution in [0, 0.1) is 12.8 Å². The maximum absolute atomic E-state index is 12.2. The van der Waals surface area contributed by atoms with Crippen LogP contribution in [0.1, 0.15) is 54.6 Å². The van der Waals surface area contributed by atoms with Gasteiger partial charge < -0.3 is 15.2 Å². The molecule has 0 bridgehead atoms. The molecule has 0 atom stereocenters. The number of pyridine rings is 1. The standard InChI is InChI=1S/C18H27N3O2/c1-13-10-15(11-17(22)20-13)18(23)19-12-14-6-8-21(9-7-14)16-4-2-3-5-16/h10-11,14,16H,2-9,12H2,1H3,(H,19,23)(H,20,22). The molecule has 126 valence electrons. The first kappa shape index (κ1) is 16.2. The fraction of sp³-hybridized carbons (Fsp3) is 0.667. The molecule has 2 fully saturated rings. The van der Waals surface area contributed by atoms with Gasteiger partial charge in [0.2, 0.25) is 5.56 Å². The number of aromatic amines is 1. The van der Waals surface area contributed by atoms with Crippen molar-refractivity contribution in [2.45, 2.75) is 51.5 Å². The summed E-state index contributed by atoms with van der Waals surface area (Å²) in [5.74, 6) is 0.414. The Balaban J connectivity index is 1.45. The van der Waals surface area contributed by atoms with Crippen LogP contribution in [0.15, 0.2) is 16.9 Å². The Morgan fingerprint density at radius 2 is 1.91 bits per heavy atom. The Morgan fingerprint density at radius 3 is 2.57 bits per heavy atom. The Kier molecular flexibility index (Phi) is 5.16. The maximum atomic E-state index is 12.2. The van der Waals surface area contributed by atoms with Crippen molar-refractivity contribution in [3.05, 3.63) is 33.7 Å². The van der Waals surface area contributed by atoms with E-state index in [0.29, 0.717) is 23.7 Å². The van der Waals surface area contributed by atoms with Crippen molar-refractivity contribution >= 4 is 5.91 Å². The molecule has 2 heterocycles. The average molecular weight is 317 g/mol. The van der Waals surface area contributed by atoms with Crippen LogP contribution >= 0.6 is 0 Å². The van der Waals surface area contributed by atoms with Gasteiger partial charge in [0, 0.05) is 29.9 Å². The number of rotatable bonds is 4. The minimum atomic E-state index is -0.222. The van der Waals surface area contributed by atoms with Gasteiger partial charge in [-0.25, -0.2) is 0 Å². The molecule has 1 aromatic rings. The van der Waals surface area contributed by atoms with E-state index in [1.165, 1.54) is 31.7 Å². The first-order chi connectivity index (χ1) is 11.1. The normalized spacial score (nSPS) is 20.7. The third-order valence-corrected chi connectivity index (χ3v) is 5.28. The molecule has 5 heteroatoms. The van der Waals surface area contributed by atoms with Crippen molar-refractivity contribution in [1.29, 1.82) is 0 Å². The van der Waals surface area contributed by atoms with E-state index in [2.05, 4.69) is 15.2 Å². The average Bonchev–Trinajstić information content (AvgIpc) is 3.06. The Labute approximate surface area is 137 Å². The SMILES string of the molecule is Cc1cc(C(=O)NCC2CCN(C3CCCC3)CC2)cc(=O)[nH]1. The molecule has 2 N–H and O–H groups in total. The van der Waals surface area contributed by atoms with E-state index < -0.39 is 0 Å². The molecule has 3 rings (SSSR count). The number of nitrogens with one attached hydrogen (secondary N) is 2. The fourth-order valence-corrected chi connectivity index (χ4v) is 3.94. The van der Waals surface area contributed by atoms with Crippen molar-refractivity contribution in [2.75, 3.05) is 19.6 Å². The lowest BCUT2D eigenvalue weighted by Crippen LogP contribution is -2.42. The predicted molar refractivity (Wildman–Crippen MR) is 90.7 cm³/mol. The molecule has 1 amide bonds. The van der Waals surface area contributed by atoms with E-state index in [1.54, 1.807) is 13.0 Å². The Bertz CT molecular complexity index is 597. The number of amides is 1. The minimum Gasteiger partial charge on any atom is -0.352 e. The van der Waals surface area contributed by atoms with Crippen molar-refractivity contribution in [3.63, 3.8) is 0 Å². The zero-order chi connectivity index (χ0) is 16.2. The van der Waals surface area contributed by atoms with Gasteiger partial charge in [0.15, 0.2) is 0 Å². The lowest BCUT2D eigenvalue weighted by atomic mass is 9.95. The van der Waals surface area contributed by atoms with Gasteiger partial charge in [-0.3, -0.25) is 9.59 Å². The van der Waals surface area contributed by atoms with Crippen LogP contribution in [-0.4, -0.2) is 41.5 Å². The zero-order valence-corrected chi connectivity index (χ0v) is 13.9. The smallest absolute Gasteiger partial charge is 0.251 e. The Hall–Kier alpha value is -1.62. The summed E-state index contributed by atoms with van der Waals surface area (Å²) in [5.41, 5.74) is 0.946. The molecule has 2 aliphatic rings. The summed E-state index contributed by atoms with van der Waals surface area (Å²) in [5, 5.41) is 3.00. The number of hydrogen-bond acceptors (Lipinski definition) is 3. The highest BCUT2D eigenvalue weighted by Crippen LogP contribution is 2.27. The van der Waals surface area contributed by atoms with Crippen LogP contribution in [0.3, 0.4) is 0 Å². The second-order valence-electron chi connectivity index (χ2n) is 7.04. The summed E-state index contributed by atoms with van der Waals surface area (Å²) in [6.07, 6.45) is 7.82. The molecule has 5 nitrogen and oxygen atoms in total. The van der Waals surface area contributed by atoms with Crippen molar-refractivity contribution in [2.24, 2.45) is 5.92 Å². The van der Waals surface area contributed by atoms with Crippen LogP contribution in [0.2, 0.25) is 0 Å². The molecular formula is C18H27N3O2. The predicted octanol–water partition coefficient (Wildman–Crippen LogP) is 2.07. The van der Waals surface area contributed by atoms with Gasteiger partial charge in [-0.05, 0) is 57.7 Å². The molecule has 1 aliphatic carbocycles. The number of aromatic nitrogens is 1. The third-order valence-electron chi connectivity index (χ3n) is 5.28. The van der Waals surface area contributed by atoms with Gasteiger partial charge in [-0.2, -0.15) is 0 Å². The van der Waals surface area contributed by atoms with Gasteiger partial charge in [0.25, 0.3) is 5.91 Å². The van der Waals surface area contributed by atoms with Crippen LogP contribution in [0.4, 0.5) is 0 Å². The summed E-state index contributed by atoms with van der Waals surface area (Å²) >= 11 is 0. The largest absolute Gasteiger partial charge is 0.352 e. The van der Waals surface area contributed by atoms with Gasteiger partial charge in [-0.1, -0.05) is 12.8 Å². The second kappa shape index (κ2) is 7.30. The number of carbonyl (C=O) groups excluding carboxylic acids is 1. The van der Waals surface area contributed by atoms with E-state index in [9.17, 15) is 9.59 Å². The molecule has 0 spiro atoms. The molecule has 0 unspecified atom stereocenters. The van der Waals surface area contributed by atoms with Crippen molar-refractivity contribution < 1.29 is 4.79 Å². The topological polar surface area (TPSA) is 65.2 Å². The molecule has 0 radical (unpaired) electrons. The first-order valence-corrected chi connectivity index (χ1v) is 8.85. The van der Waals surface area contributed by atoms with Crippen molar-refractivity contribution in [1.82, 2.24) is 15.2 Å². The molecular weight excluding hydrogens is 290 g/mol. The number of likely N-dealkylation sites (tertiary alicyclic amines) is 1. The lowest BCUT2D eigenvalue weighted by molar-refractivity contribution is 0.0924. The summed E-state index contributed by atoms with van der Waals surface area (Å²) in [6, 6.07) is 3.90. The number of carbonyl (C=O) groups is 1. The van der Waals surface area contributed by atoms with Crippen LogP contribution in [0.25, 0.3) is 0 Å². The zero-order valence-electron chi connectivity index (χ0n) is 13.9. The molecule has 1 saturated heterocycles. The molecule has 23 heavy (non-hydrogen) atoms. The number of H-pyrrole nitrogens is 1. The summed E-state index contributed by atoms with van der Waals surface area (Å²) in [4.78, 5) is 28.9. The third kappa shape index (κ3) is 4.22. The molecule has 0 aromatic carbocycles. The van der Waals surface area contributed by atoms with Gasteiger partial charge >= 0.3 is 0 Å². The van der Waals surface area contributed by atoms with E-state index in [-0.39, 0.29) is 11.5 Å². The highest BCUT2D eigenvalue weighted by atomic mass is 16.2. The number of nitrogens with zero attached hydrogens (tertiary/aromatic N) is 1. The van der Waals surface area contributed by atoms with E-state index in [1.807, 2.05) is 0 Å². The lowest BCUT2D eigenvalue weighted by Gasteiger charge is -2.36. The van der Waals surface area contributed by atoms with Crippen LogP contribution in [0.5, 0.6) is 0 Å². The maximum Gasteiger partial charge on any atom is 0.251 e. The molecule has 1 saturated carbocycles. The number of hydrogen-bond donors (Lipinski definition) is 2. The minimum absolute atomic E-state index is 0.141. The quantitative estimate of drug-likeness (QED) is 0.893. The van der Waals surface area contributed by atoms with Gasteiger partial charge in [0.05, 0.1) is 0 Å². The monoisotopic (exact) mass is 317 g/mol.